The molecule has 1 N–H and O–H groups in total. The number of carbonyl (C=O) groups is 1. The summed E-state index contributed by atoms with van der Waals surface area (Å²) in [4.78, 5) is 16.6. The van der Waals surface area contributed by atoms with E-state index in [2.05, 4.69) is 10.3 Å². The molecular formula is C10H12F3N3OS. The third-order valence-electron chi connectivity index (χ3n) is 2.61. The molecule has 1 aromatic heterocycles. The molecule has 18 heavy (non-hydrogen) atoms. The molecule has 0 saturated carbocycles. The molecule has 1 amide bonds. The molecule has 2 rings (SSSR count). The number of halogens is 3. The summed E-state index contributed by atoms with van der Waals surface area (Å²) in [7, 11) is 0. The highest BCUT2D eigenvalue weighted by atomic mass is 32.1. The van der Waals surface area contributed by atoms with Crippen molar-refractivity contribution in [1.82, 2.24) is 15.2 Å². The number of thiazole rings is 1. The zero-order valence-corrected chi connectivity index (χ0v) is 10.3. The Hall–Kier alpha value is -1.15. The molecule has 1 aliphatic heterocycles. The molecular weight excluding hydrogens is 267 g/mol. The largest absolute Gasteiger partial charge is 0.434 e. The monoisotopic (exact) mass is 279 g/mol. The van der Waals surface area contributed by atoms with Gasteiger partial charge < -0.3 is 5.32 Å². The van der Waals surface area contributed by atoms with Crippen molar-refractivity contribution < 1.29 is 18.0 Å². The second kappa shape index (κ2) is 5.23. The van der Waals surface area contributed by atoms with Crippen LogP contribution < -0.4 is 5.32 Å². The molecule has 2 heterocycles. The lowest BCUT2D eigenvalue weighted by Crippen LogP contribution is -2.28. The number of aromatic nitrogens is 1. The molecule has 1 aromatic rings. The number of rotatable bonds is 2. The van der Waals surface area contributed by atoms with Crippen LogP contribution in [0.5, 0.6) is 0 Å². The van der Waals surface area contributed by atoms with Crippen LogP contribution in [0.3, 0.4) is 0 Å². The molecule has 100 valence electrons. The number of carbonyl (C=O) groups excluding carboxylic acids is 1. The van der Waals surface area contributed by atoms with Crippen LogP contribution in [0.2, 0.25) is 0 Å². The Morgan fingerprint density at radius 1 is 1.44 bits per heavy atom. The molecule has 0 unspecified atom stereocenters. The van der Waals surface area contributed by atoms with Gasteiger partial charge in [0.25, 0.3) is 0 Å². The zero-order valence-electron chi connectivity index (χ0n) is 9.46. The van der Waals surface area contributed by atoms with Crippen molar-refractivity contribution in [3.63, 3.8) is 0 Å². The Balaban J connectivity index is 1.97. The molecule has 0 aromatic carbocycles. The first-order valence-corrected chi connectivity index (χ1v) is 6.34. The second-order valence-electron chi connectivity index (χ2n) is 4.00. The van der Waals surface area contributed by atoms with E-state index in [1.807, 2.05) is 4.90 Å². The van der Waals surface area contributed by atoms with Crippen LogP contribution in [0.15, 0.2) is 5.38 Å². The Morgan fingerprint density at radius 3 is 2.89 bits per heavy atom. The minimum Gasteiger partial charge on any atom is -0.355 e. The highest BCUT2D eigenvalue weighted by molar-refractivity contribution is 7.09. The number of amides is 1. The first-order chi connectivity index (χ1) is 8.45. The number of nitrogens with zero attached hydrogens (tertiary/aromatic N) is 2. The smallest absolute Gasteiger partial charge is 0.355 e. The van der Waals surface area contributed by atoms with E-state index in [-0.39, 0.29) is 5.91 Å². The van der Waals surface area contributed by atoms with Crippen LogP contribution in [-0.4, -0.2) is 35.4 Å². The third kappa shape index (κ3) is 3.42. The minimum atomic E-state index is -4.38. The molecule has 0 spiro atoms. The molecule has 0 aliphatic carbocycles. The minimum absolute atomic E-state index is 0.0207. The Labute approximate surface area is 106 Å². The maximum Gasteiger partial charge on any atom is 0.434 e. The van der Waals surface area contributed by atoms with E-state index in [0.717, 1.165) is 16.7 Å². The van der Waals surface area contributed by atoms with Gasteiger partial charge in [-0.1, -0.05) is 0 Å². The summed E-state index contributed by atoms with van der Waals surface area (Å²) in [5, 5.41) is 4.16. The highest BCUT2D eigenvalue weighted by Gasteiger charge is 2.33. The molecule has 0 radical (unpaired) electrons. The summed E-state index contributed by atoms with van der Waals surface area (Å²) in [5.74, 6) is -0.0207. The van der Waals surface area contributed by atoms with Gasteiger partial charge in [0.1, 0.15) is 5.01 Å². The van der Waals surface area contributed by atoms with Crippen molar-refractivity contribution in [2.45, 2.75) is 19.1 Å². The maximum atomic E-state index is 12.4. The van der Waals surface area contributed by atoms with Crippen molar-refractivity contribution in [2.24, 2.45) is 0 Å². The predicted molar refractivity (Wildman–Crippen MR) is 60.0 cm³/mol. The summed E-state index contributed by atoms with van der Waals surface area (Å²) >= 11 is 1.000. The van der Waals surface area contributed by atoms with Gasteiger partial charge in [0.05, 0.1) is 6.54 Å². The van der Waals surface area contributed by atoms with Crippen LogP contribution in [-0.2, 0) is 17.5 Å². The summed E-state index contributed by atoms with van der Waals surface area (Å²) < 4.78 is 37.1. The van der Waals surface area contributed by atoms with E-state index < -0.39 is 11.9 Å². The fourth-order valence-corrected chi connectivity index (χ4v) is 2.52. The normalized spacial score (nSPS) is 18.5. The lowest BCUT2D eigenvalue weighted by Gasteiger charge is -2.16. The van der Waals surface area contributed by atoms with E-state index in [0.29, 0.717) is 37.6 Å². The van der Waals surface area contributed by atoms with Crippen molar-refractivity contribution >= 4 is 17.2 Å². The van der Waals surface area contributed by atoms with Gasteiger partial charge >= 0.3 is 6.18 Å². The van der Waals surface area contributed by atoms with E-state index in [9.17, 15) is 18.0 Å². The summed E-state index contributed by atoms with van der Waals surface area (Å²) in [6, 6.07) is 0. The average molecular weight is 279 g/mol. The number of hydrogen-bond acceptors (Lipinski definition) is 4. The molecule has 1 fully saturated rings. The molecule has 0 bridgehead atoms. The van der Waals surface area contributed by atoms with Crippen LogP contribution >= 0.6 is 11.3 Å². The maximum absolute atomic E-state index is 12.4. The van der Waals surface area contributed by atoms with Crippen molar-refractivity contribution in [3.05, 3.63) is 16.1 Å². The summed E-state index contributed by atoms with van der Waals surface area (Å²) in [5.41, 5.74) is -0.841. The van der Waals surface area contributed by atoms with Gasteiger partial charge in [0.15, 0.2) is 5.69 Å². The van der Waals surface area contributed by atoms with E-state index in [1.54, 1.807) is 0 Å². The van der Waals surface area contributed by atoms with Gasteiger partial charge in [-0.15, -0.1) is 11.3 Å². The van der Waals surface area contributed by atoms with Gasteiger partial charge in [0.2, 0.25) is 5.91 Å². The van der Waals surface area contributed by atoms with Crippen molar-refractivity contribution in [1.29, 1.82) is 0 Å². The molecule has 1 saturated heterocycles. The summed E-state index contributed by atoms with van der Waals surface area (Å²) in [6.45, 7) is 2.06. The lowest BCUT2D eigenvalue weighted by molar-refractivity contribution is -0.140. The van der Waals surface area contributed by atoms with E-state index >= 15 is 0 Å². The first kappa shape index (κ1) is 13.3. The van der Waals surface area contributed by atoms with Gasteiger partial charge in [-0.3, -0.25) is 9.69 Å². The van der Waals surface area contributed by atoms with E-state index in [4.69, 9.17) is 0 Å². The SMILES string of the molecule is O=C1CCN(Cc2nc(C(F)(F)F)cs2)CCN1. The number of hydrogen-bond donors (Lipinski definition) is 1. The van der Waals surface area contributed by atoms with E-state index in [1.165, 1.54) is 0 Å². The van der Waals surface area contributed by atoms with Crippen molar-refractivity contribution in [3.8, 4) is 0 Å². The van der Waals surface area contributed by atoms with Gasteiger partial charge in [-0.05, 0) is 0 Å². The van der Waals surface area contributed by atoms with Gasteiger partial charge in [0, 0.05) is 31.4 Å². The molecule has 0 atom stereocenters. The predicted octanol–water partition coefficient (Wildman–Crippen LogP) is 1.48. The van der Waals surface area contributed by atoms with Crippen LogP contribution in [0.4, 0.5) is 13.2 Å². The van der Waals surface area contributed by atoms with Gasteiger partial charge in [-0.2, -0.15) is 13.2 Å². The second-order valence-corrected chi connectivity index (χ2v) is 4.94. The molecule has 8 heteroatoms. The lowest BCUT2D eigenvalue weighted by atomic mass is 10.4. The third-order valence-corrected chi connectivity index (χ3v) is 3.44. The Bertz CT molecular complexity index is 432. The first-order valence-electron chi connectivity index (χ1n) is 5.46. The zero-order chi connectivity index (χ0) is 13.2. The fourth-order valence-electron chi connectivity index (χ4n) is 1.68. The van der Waals surface area contributed by atoms with Crippen LogP contribution in [0.1, 0.15) is 17.1 Å². The summed E-state index contributed by atoms with van der Waals surface area (Å²) in [6.07, 6.45) is -4.01. The Kier molecular flexibility index (Phi) is 3.86. The van der Waals surface area contributed by atoms with Crippen LogP contribution in [0, 0.1) is 0 Å². The Morgan fingerprint density at radius 2 is 2.22 bits per heavy atom. The number of alkyl halides is 3. The van der Waals surface area contributed by atoms with Crippen molar-refractivity contribution in [2.75, 3.05) is 19.6 Å². The topological polar surface area (TPSA) is 45.2 Å². The average Bonchev–Trinajstić information content (AvgIpc) is 2.65. The fraction of sp³-hybridized carbons (Fsp3) is 0.600. The number of nitrogens with one attached hydrogen (secondary N) is 1. The van der Waals surface area contributed by atoms with Gasteiger partial charge in [-0.25, -0.2) is 4.98 Å². The standard InChI is InChI=1S/C10H12F3N3OS/c11-10(12,13)7-6-18-9(15-7)5-16-3-1-8(17)14-2-4-16/h6H,1-5H2,(H,14,17). The molecule has 1 aliphatic rings. The molecule has 4 nitrogen and oxygen atoms in total. The highest BCUT2D eigenvalue weighted by Crippen LogP contribution is 2.30. The van der Waals surface area contributed by atoms with Crippen LogP contribution in [0.25, 0.3) is 0 Å². The quantitative estimate of drug-likeness (QED) is 0.892.